The highest BCUT2D eigenvalue weighted by Gasteiger charge is 1.84. The normalized spacial score (nSPS) is 8.00. The van der Waals surface area contributed by atoms with Crippen LogP contribution in [0.15, 0.2) is 0 Å². The van der Waals surface area contributed by atoms with Crippen molar-refractivity contribution in [2.45, 2.75) is 11.7 Å². The number of nitrogens with two attached hydrogens (primary N) is 1. The Hall–Kier alpha value is 0.00247. The molecule has 0 fully saturated rings. The molecule has 6 heavy (non-hydrogen) atoms. The van der Waals surface area contributed by atoms with Gasteiger partial charge in [-0.25, -0.2) is 0 Å². The van der Waals surface area contributed by atoms with Gasteiger partial charge < -0.3 is 5.73 Å². The average Bonchev–Trinajstić information content (AvgIpc) is 1.35. The molecule has 1 amide bonds. The van der Waals surface area contributed by atoms with Crippen LogP contribution in [0.3, 0.4) is 0 Å². The van der Waals surface area contributed by atoms with E-state index in [2.05, 4.69) is 0 Å². The number of hydrogen-bond donors (Lipinski definition) is 1. The first kappa shape index (κ1) is 6.00. The second kappa shape index (κ2) is 3.20. The van der Waals surface area contributed by atoms with Crippen LogP contribution in [0.25, 0.3) is 0 Å². The van der Waals surface area contributed by atoms with Crippen LogP contribution >= 0.6 is 0 Å². The van der Waals surface area contributed by atoms with Crippen LogP contribution in [-0.2, 0) is 4.79 Å². The van der Waals surface area contributed by atoms with Gasteiger partial charge in [-0.3, -0.25) is 4.79 Å². The van der Waals surface area contributed by atoms with E-state index in [9.17, 15) is 4.79 Å². The molecule has 0 aromatic carbocycles. The SMILES string of the molecule is NC(=O)C[CH2][AlH2]. The highest BCUT2D eigenvalue weighted by Crippen LogP contribution is 1.77. The molecular weight excluding hydrogens is 93.0 g/mol. The van der Waals surface area contributed by atoms with E-state index in [4.69, 9.17) is 5.73 Å². The van der Waals surface area contributed by atoms with Crippen molar-refractivity contribution < 1.29 is 4.79 Å². The standard InChI is InChI=1S/C3H6NO.Al.2H/c1-2-3(4)5;;;/h1-2H2,(H2,4,5);;;. The average molecular weight is 101 g/mol. The molecule has 0 rings (SSSR count). The minimum Gasteiger partial charge on any atom is -0.370 e. The second-order valence-electron chi connectivity index (χ2n) is 1.22. The molecule has 0 heterocycles. The predicted octanol–water partition coefficient (Wildman–Crippen LogP) is -1.09. The van der Waals surface area contributed by atoms with Gasteiger partial charge in [-0.15, -0.1) is 0 Å². The highest BCUT2D eigenvalue weighted by molar-refractivity contribution is 6.09. The van der Waals surface area contributed by atoms with Crippen LogP contribution in [0.5, 0.6) is 0 Å². The van der Waals surface area contributed by atoms with Gasteiger partial charge in [-0.1, -0.05) is 5.28 Å². The minimum atomic E-state index is -0.176. The van der Waals surface area contributed by atoms with Crippen molar-refractivity contribution >= 4 is 22.2 Å². The molecule has 3 heteroatoms. The Morgan fingerprint density at radius 2 is 2.33 bits per heavy atom. The van der Waals surface area contributed by atoms with Gasteiger partial charge in [0, 0.05) is 6.42 Å². The number of carbonyl (C=O) groups is 1. The minimum absolute atomic E-state index is 0.176. The van der Waals surface area contributed by atoms with Crippen molar-refractivity contribution in [3.63, 3.8) is 0 Å². The zero-order valence-electron chi connectivity index (χ0n) is 3.90. The van der Waals surface area contributed by atoms with E-state index in [1.807, 2.05) is 0 Å². The van der Waals surface area contributed by atoms with E-state index in [0.717, 1.165) is 21.6 Å². The number of carbonyl (C=O) groups excluding carboxylic acids is 1. The fraction of sp³-hybridized carbons (Fsp3) is 0.667. The maximum absolute atomic E-state index is 9.84. The lowest BCUT2D eigenvalue weighted by Crippen LogP contribution is -2.08. The second-order valence-corrected chi connectivity index (χ2v) is 2.22. The Morgan fingerprint density at radius 3 is 2.33 bits per heavy atom. The number of primary amides is 1. The lowest BCUT2D eigenvalue weighted by atomic mass is 10.5. The van der Waals surface area contributed by atoms with Crippen molar-refractivity contribution in [2.24, 2.45) is 5.73 Å². The van der Waals surface area contributed by atoms with Gasteiger partial charge in [0.05, 0.1) is 0 Å². The zero-order chi connectivity index (χ0) is 4.99. The summed E-state index contributed by atoms with van der Waals surface area (Å²) in [5.41, 5.74) is 4.79. The fourth-order valence-corrected chi connectivity index (χ4v) is 0.739. The third kappa shape index (κ3) is 4.00. The van der Waals surface area contributed by atoms with Gasteiger partial charge in [0.25, 0.3) is 0 Å². The molecule has 0 unspecified atom stereocenters. The fourth-order valence-electron chi connectivity index (χ4n) is 0.246. The van der Waals surface area contributed by atoms with Crippen LogP contribution in [0.2, 0.25) is 5.28 Å². The van der Waals surface area contributed by atoms with E-state index >= 15 is 0 Å². The van der Waals surface area contributed by atoms with Crippen molar-refractivity contribution in [1.82, 2.24) is 0 Å². The lowest BCUT2D eigenvalue weighted by molar-refractivity contribution is -0.117. The van der Waals surface area contributed by atoms with Gasteiger partial charge in [0.1, 0.15) is 0 Å². The molecule has 0 bridgehead atoms. The molecule has 0 saturated carbocycles. The monoisotopic (exact) mass is 101 g/mol. The molecule has 0 aromatic rings. The van der Waals surface area contributed by atoms with Gasteiger partial charge in [0.2, 0.25) is 22.2 Å². The smallest absolute Gasteiger partial charge is 0.216 e. The van der Waals surface area contributed by atoms with Crippen LogP contribution in [-0.4, -0.2) is 22.2 Å². The van der Waals surface area contributed by atoms with Crippen molar-refractivity contribution in [2.75, 3.05) is 0 Å². The van der Waals surface area contributed by atoms with Crippen LogP contribution in [0, 0.1) is 0 Å². The molecule has 0 atom stereocenters. The van der Waals surface area contributed by atoms with Crippen LogP contribution in [0.4, 0.5) is 0 Å². The summed E-state index contributed by atoms with van der Waals surface area (Å²) in [6, 6.07) is 0. The molecule has 0 saturated heterocycles. The van der Waals surface area contributed by atoms with Gasteiger partial charge in [-0.2, -0.15) is 0 Å². The molecule has 0 spiro atoms. The first-order valence-corrected chi connectivity index (χ1v) is 3.47. The molecule has 0 aromatic heterocycles. The van der Waals surface area contributed by atoms with Crippen molar-refractivity contribution in [1.29, 1.82) is 0 Å². The third-order valence-corrected chi connectivity index (χ3v) is 0.996. The first-order valence-electron chi connectivity index (χ1n) is 2.05. The highest BCUT2D eigenvalue weighted by atomic mass is 27.0. The maximum atomic E-state index is 9.84. The Labute approximate surface area is 45.1 Å². The van der Waals surface area contributed by atoms with Crippen molar-refractivity contribution in [3.8, 4) is 0 Å². The Morgan fingerprint density at radius 1 is 1.83 bits per heavy atom. The maximum Gasteiger partial charge on any atom is 0.216 e. The summed E-state index contributed by atoms with van der Waals surface area (Å²) in [5, 5.41) is 0.995. The van der Waals surface area contributed by atoms with Gasteiger partial charge in [0.15, 0.2) is 0 Å². The number of rotatable bonds is 2. The molecule has 34 valence electrons. The summed E-state index contributed by atoms with van der Waals surface area (Å²) in [5.74, 6) is -0.176. The van der Waals surface area contributed by atoms with E-state index in [-0.39, 0.29) is 5.91 Å². The molecule has 0 radical (unpaired) electrons. The number of hydrogen-bond acceptors (Lipinski definition) is 1. The summed E-state index contributed by atoms with van der Waals surface area (Å²) in [4.78, 5) is 9.84. The largest absolute Gasteiger partial charge is 0.370 e. The lowest BCUT2D eigenvalue weighted by Gasteiger charge is -1.81. The molecule has 2 nitrogen and oxygen atoms in total. The van der Waals surface area contributed by atoms with E-state index < -0.39 is 0 Å². The Bertz CT molecular complexity index is 54.8. The summed E-state index contributed by atoms with van der Waals surface area (Å²) in [6.45, 7) is 0. The predicted molar refractivity (Wildman–Crippen MR) is 27.2 cm³/mol. The summed E-state index contributed by atoms with van der Waals surface area (Å²) < 4.78 is 0. The Kier molecular flexibility index (Phi) is 3.20. The van der Waals surface area contributed by atoms with Crippen LogP contribution in [0.1, 0.15) is 6.42 Å². The summed E-state index contributed by atoms with van der Waals surface area (Å²) in [7, 11) is 0. The topological polar surface area (TPSA) is 43.1 Å². The number of amides is 1. The summed E-state index contributed by atoms with van der Waals surface area (Å²) >= 11 is 1.09. The molecule has 0 aliphatic heterocycles. The van der Waals surface area contributed by atoms with E-state index in [1.54, 1.807) is 0 Å². The third-order valence-electron chi connectivity index (χ3n) is 0.496. The summed E-state index contributed by atoms with van der Waals surface area (Å²) in [6.07, 6.45) is 0.576. The molecule has 2 N–H and O–H groups in total. The molecule has 0 aliphatic rings. The first-order chi connectivity index (χ1) is 2.77. The Balaban J connectivity index is 2.83. The van der Waals surface area contributed by atoms with E-state index in [1.165, 1.54) is 0 Å². The van der Waals surface area contributed by atoms with Crippen LogP contribution < -0.4 is 5.73 Å². The van der Waals surface area contributed by atoms with E-state index in [0.29, 0.717) is 6.42 Å². The van der Waals surface area contributed by atoms with Gasteiger partial charge >= 0.3 is 0 Å². The zero-order valence-corrected chi connectivity index (χ0v) is 5.90. The quantitative estimate of drug-likeness (QED) is 0.441. The molecule has 0 aliphatic carbocycles. The van der Waals surface area contributed by atoms with Gasteiger partial charge in [-0.05, 0) is 0 Å². The van der Waals surface area contributed by atoms with Crippen molar-refractivity contribution in [3.05, 3.63) is 0 Å². The molecular formula is C3H8AlNO.